The van der Waals surface area contributed by atoms with Gasteiger partial charge in [0.15, 0.2) is 5.78 Å². The van der Waals surface area contributed by atoms with Crippen LogP contribution < -0.4 is 26.2 Å². The Morgan fingerprint density at radius 1 is 0.733 bits per heavy atom. The van der Waals surface area contributed by atoms with Crippen LogP contribution in [0.2, 0.25) is 0 Å². The highest BCUT2D eigenvalue weighted by Gasteiger charge is 2.44. The first kappa shape index (κ1) is 65.0. The summed E-state index contributed by atoms with van der Waals surface area (Å²) in [5.74, 6) is -6.42. The number of methoxy groups -OCH3 is 2. The second-order valence-electron chi connectivity index (χ2n) is 21.6. The molecule has 8 aromatic rings. The van der Waals surface area contributed by atoms with Gasteiger partial charge in [0.05, 0.1) is 60.1 Å². The minimum atomic E-state index is -1.30. The Kier molecular flexibility index (Phi) is 20.9. The van der Waals surface area contributed by atoms with Gasteiger partial charge < -0.3 is 41.0 Å². The van der Waals surface area contributed by atoms with Gasteiger partial charge in [-0.05, 0) is 56.2 Å². The van der Waals surface area contributed by atoms with Crippen LogP contribution >= 0.6 is 68.0 Å². The van der Waals surface area contributed by atoms with Gasteiger partial charge in [-0.15, -0.1) is 68.0 Å². The van der Waals surface area contributed by atoms with Gasteiger partial charge in [0.2, 0.25) is 17.7 Å². The normalized spacial score (nSPS) is 18.4. The minimum absolute atomic E-state index is 0.00963. The molecule has 90 heavy (non-hydrogen) atoms. The van der Waals surface area contributed by atoms with E-state index in [2.05, 4.69) is 21.3 Å². The molecule has 1 aliphatic heterocycles. The number of carbonyl (C=O) groups is 8. The van der Waals surface area contributed by atoms with Gasteiger partial charge in [-0.25, -0.2) is 34.9 Å². The number of pyridine rings is 1. The topological polar surface area (TPSA) is 337 Å². The van der Waals surface area contributed by atoms with Crippen LogP contribution in [-0.2, 0) is 40.1 Å². The molecule has 30 heteroatoms. The molecule has 6 N–H and O–H groups in total. The molecule has 0 spiro atoms. The van der Waals surface area contributed by atoms with E-state index in [1.165, 1.54) is 82.9 Å². The van der Waals surface area contributed by atoms with Crippen molar-refractivity contribution < 1.29 is 58.0 Å². The molecule has 1 fully saturated rings. The first-order chi connectivity index (χ1) is 43.3. The summed E-state index contributed by atoms with van der Waals surface area (Å²) >= 11 is 7.18. The Labute approximate surface area is 540 Å². The molecule has 5 amide bonds. The van der Waals surface area contributed by atoms with Gasteiger partial charge in [-0.3, -0.25) is 43.3 Å². The number of thiazole rings is 6. The van der Waals surface area contributed by atoms with E-state index in [4.69, 9.17) is 44.4 Å². The standard InChI is InChI=1S/C60H62N12O12S6/c1-28(2)34-20-40(73)46-29(3)89-57(70-46)36(21-43(74)61-4)64-51(78)38-25-85-53(66-38)33-17-18-35(55-68-42(27-88-55)72(19-11-10-14-45(76)84-6)59(80)31-15-16-32(31)60(81)82)63-47(33)37-24-86-56(65-37)39-26-87-58(67-39)49(50(77)30-12-8-7-9-13-30)69-44(75)22-62-52(79)48-41(23-83-5)90-54(34)71-48/h7-9,12-13,17-18,24-28,31-32,34,36,49-50,77H,10-11,14-16,19-23H2,1-6H3,(H,61,74)(H,62,79)(H,64,78)(H,69,75)(H,81,82)/t31-,32+,34?,36-,49-,50-/m0/s1. The highest BCUT2D eigenvalue weighted by atomic mass is 32.1. The number of fused-ring (bicyclic) bond motifs is 14. The van der Waals surface area contributed by atoms with E-state index in [0.717, 1.165) is 11.3 Å². The van der Waals surface area contributed by atoms with E-state index in [1.807, 2.05) is 13.8 Å². The lowest BCUT2D eigenvalue weighted by Gasteiger charge is -2.35. The molecular formula is C60H62N12O12S6. The molecule has 470 valence electrons. The number of unbranched alkanes of at least 4 members (excludes halogenated alkanes) is 1. The number of hydrogen-bond donors (Lipinski definition) is 6. The Hall–Kier alpha value is -7.97. The first-order valence-electron chi connectivity index (χ1n) is 28.6. The third-order valence-corrected chi connectivity index (χ3v) is 21.0. The molecule has 1 unspecified atom stereocenters. The predicted molar refractivity (Wildman–Crippen MR) is 340 cm³/mol. The summed E-state index contributed by atoms with van der Waals surface area (Å²) < 4.78 is 10.3. The van der Waals surface area contributed by atoms with Crippen molar-refractivity contribution in [2.45, 2.75) is 96.4 Å². The third-order valence-electron chi connectivity index (χ3n) is 15.3. The Bertz CT molecular complexity index is 3990. The number of hydrogen-bond acceptors (Lipinski definition) is 24. The third kappa shape index (κ3) is 14.6. The molecule has 6 atom stereocenters. The number of aliphatic hydroxyl groups excluding tert-OH is 1. The van der Waals surface area contributed by atoms with Gasteiger partial charge in [0.1, 0.15) is 77.2 Å². The van der Waals surface area contributed by atoms with E-state index in [9.17, 15) is 48.6 Å². The smallest absolute Gasteiger partial charge is 0.307 e. The second kappa shape index (κ2) is 28.9. The average molecular weight is 1340 g/mol. The van der Waals surface area contributed by atoms with E-state index >= 15 is 0 Å². The molecule has 24 nitrogen and oxygen atoms in total. The Balaban J connectivity index is 1.05. The Morgan fingerprint density at radius 2 is 1.44 bits per heavy atom. The van der Waals surface area contributed by atoms with E-state index in [1.54, 1.807) is 70.9 Å². The fraction of sp³-hybridized carbons (Fsp3) is 0.383. The number of ether oxygens (including phenoxy) is 2. The molecule has 1 aliphatic carbocycles. The fourth-order valence-corrected chi connectivity index (χ4v) is 15.8. The number of carbonyl (C=O) groups excluding carboxylic acids is 7. The summed E-state index contributed by atoms with van der Waals surface area (Å²) in [5.41, 5.74) is 2.63. The number of anilines is 1. The van der Waals surface area contributed by atoms with Gasteiger partial charge >= 0.3 is 11.9 Å². The molecule has 2 aliphatic rings. The molecule has 1 aromatic carbocycles. The molecule has 10 bridgehead atoms. The minimum Gasteiger partial charge on any atom is -0.481 e. The summed E-state index contributed by atoms with van der Waals surface area (Å²) in [5, 5.41) is 42.1. The molecular weight excluding hydrogens is 1270 g/mol. The number of aliphatic carboxylic acids is 1. The number of aromatic nitrogens is 7. The number of benzene rings is 1. The van der Waals surface area contributed by atoms with Gasteiger partial charge in [-0.1, -0.05) is 44.2 Å². The molecule has 0 saturated heterocycles. The number of ketones is 1. The van der Waals surface area contributed by atoms with Gasteiger partial charge in [0, 0.05) is 71.4 Å². The summed E-state index contributed by atoms with van der Waals surface area (Å²) in [4.78, 5) is 145. The summed E-state index contributed by atoms with van der Waals surface area (Å²) in [6.45, 7) is 5.28. The second-order valence-corrected chi connectivity index (χ2v) is 27.4. The van der Waals surface area contributed by atoms with E-state index in [0.29, 0.717) is 99.4 Å². The average Bonchev–Trinajstić information content (AvgIpc) is 2.53. The maximum Gasteiger partial charge on any atom is 0.307 e. The zero-order valence-corrected chi connectivity index (χ0v) is 54.4. The molecule has 8 heterocycles. The van der Waals surface area contributed by atoms with Crippen LogP contribution in [0.3, 0.4) is 0 Å². The highest BCUT2D eigenvalue weighted by Crippen LogP contribution is 2.42. The lowest BCUT2D eigenvalue weighted by atomic mass is 9.73. The van der Waals surface area contributed by atoms with Crippen molar-refractivity contribution in [1.82, 2.24) is 56.2 Å². The number of carboxylic acids is 1. The highest BCUT2D eigenvalue weighted by molar-refractivity contribution is 7.15. The number of rotatable bonds is 16. The molecule has 7 aromatic heterocycles. The number of nitrogens with zero attached hydrogens (tertiary/aromatic N) is 8. The number of carboxylic acid groups (broad SMARTS) is 1. The lowest BCUT2D eigenvalue weighted by molar-refractivity contribution is -0.152. The van der Waals surface area contributed by atoms with Crippen LogP contribution in [0.25, 0.3) is 43.4 Å². The van der Waals surface area contributed by atoms with Crippen molar-refractivity contribution >= 4 is 121 Å². The lowest BCUT2D eigenvalue weighted by Crippen LogP contribution is -2.46. The SMILES string of the molecule is CNC(=O)C[C@@H]1NC(=O)c2csc(n2)-c2ccc(-c3nc(N(CCCCC(=O)OC)C(=O)[C@H]4CC[C@H]4C(=O)O)cs3)nc2-c2csc(n2)-c2csc(n2)[C@H]([C@@H](O)c2ccccc2)NC(=O)CNC(=O)c2nc(sc2COC)C(C(C)C)CC(=O)c2nc1sc2C. The number of esters is 1. The zero-order chi connectivity index (χ0) is 63.9. The number of amides is 5. The number of nitrogens with one attached hydrogen (secondary N) is 4. The van der Waals surface area contributed by atoms with Crippen LogP contribution in [0, 0.1) is 24.7 Å². The quantitative estimate of drug-likeness (QED) is 0.0388. The monoisotopic (exact) mass is 1330 g/mol. The predicted octanol–water partition coefficient (Wildman–Crippen LogP) is 8.98. The van der Waals surface area contributed by atoms with Crippen LogP contribution in [-0.4, -0.2) is 127 Å². The summed E-state index contributed by atoms with van der Waals surface area (Å²) in [6.07, 6.45) is 0.156. The van der Waals surface area contributed by atoms with Crippen molar-refractivity contribution in [2.75, 3.05) is 39.3 Å². The van der Waals surface area contributed by atoms with Crippen molar-refractivity contribution in [3.05, 3.63) is 111 Å². The fourth-order valence-electron chi connectivity index (χ4n) is 10.2. The first-order valence-corrected chi connectivity index (χ1v) is 33.7. The van der Waals surface area contributed by atoms with E-state index < -0.39 is 78.1 Å². The van der Waals surface area contributed by atoms with Crippen molar-refractivity contribution in [3.8, 4) is 43.4 Å². The van der Waals surface area contributed by atoms with Crippen molar-refractivity contribution in [1.29, 1.82) is 0 Å². The van der Waals surface area contributed by atoms with Crippen molar-refractivity contribution in [3.63, 3.8) is 0 Å². The maximum absolute atomic E-state index is 14.4. The largest absolute Gasteiger partial charge is 0.481 e. The molecule has 10 rings (SSSR count). The number of Topliss-reactive ketones (excluding diaryl/α,β-unsaturated/α-hetero) is 1. The summed E-state index contributed by atoms with van der Waals surface area (Å²) in [7, 11) is 4.25. The number of aryl methyl sites for hydroxylation is 1. The molecule has 1 saturated carbocycles. The molecule has 0 radical (unpaired) electrons. The van der Waals surface area contributed by atoms with Crippen LogP contribution in [0.4, 0.5) is 5.82 Å². The van der Waals surface area contributed by atoms with Gasteiger partial charge in [0.25, 0.3) is 11.8 Å². The van der Waals surface area contributed by atoms with Crippen molar-refractivity contribution in [2.24, 2.45) is 17.8 Å². The zero-order valence-electron chi connectivity index (χ0n) is 49.5. The van der Waals surface area contributed by atoms with Gasteiger partial charge in [-0.2, -0.15) is 0 Å². The van der Waals surface area contributed by atoms with Crippen LogP contribution in [0.15, 0.2) is 64.0 Å². The van der Waals surface area contributed by atoms with E-state index in [-0.39, 0.29) is 72.9 Å². The maximum atomic E-state index is 14.4. The Morgan fingerprint density at radius 3 is 2.17 bits per heavy atom. The van der Waals surface area contributed by atoms with Crippen LogP contribution in [0.1, 0.15) is 145 Å². The number of aliphatic hydroxyl groups is 1. The van der Waals surface area contributed by atoms with Crippen LogP contribution in [0.5, 0.6) is 0 Å². The summed E-state index contributed by atoms with van der Waals surface area (Å²) in [6, 6.07) is 10.1.